The molecule has 4 N–H and O–H groups in total. The number of hydrazone groups is 1. The average Bonchev–Trinajstić information content (AvgIpc) is 3.40. The van der Waals surface area contributed by atoms with Gasteiger partial charge in [-0.25, -0.2) is 10.1 Å². The lowest BCUT2D eigenvalue weighted by Gasteiger charge is -2.27. The number of aromatic nitrogens is 5. The van der Waals surface area contributed by atoms with Gasteiger partial charge in [-0.1, -0.05) is 35.3 Å². The number of quaternary nitrogens is 1. The van der Waals surface area contributed by atoms with E-state index in [1.54, 1.807) is 12.1 Å². The summed E-state index contributed by atoms with van der Waals surface area (Å²) in [4.78, 5) is 14.3. The molecule has 2 aromatic heterocycles. The lowest BCUT2D eigenvalue weighted by atomic mass is 9.99. The molecule has 4 rings (SSSR count). The molecule has 0 unspecified atom stereocenters. The topological polar surface area (TPSA) is 151 Å². The van der Waals surface area contributed by atoms with Crippen LogP contribution in [0.25, 0.3) is 5.82 Å². The lowest BCUT2D eigenvalue weighted by molar-refractivity contribution is -0.920. The third-order valence-electron chi connectivity index (χ3n) is 5.68. The Morgan fingerprint density at radius 2 is 2.15 bits per heavy atom. The number of hydrogen-bond donors (Lipinski definition) is 3. The predicted octanol–water partition coefficient (Wildman–Crippen LogP) is 1.13. The molecule has 34 heavy (non-hydrogen) atoms. The fraction of sp³-hybridized carbons (Fsp3) is 0.400. The van der Waals surface area contributed by atoms with E-state index < -0.39 is 5.91 Å². The molecule has 180 valence electrons. The fourth-order valence-electron chi connectivity index (χ4n) is 3.83. The second-order valence-electron chi connectivity index (χ2n) is 8.09. The van der Waals surface area contributed by atoms with Crippen molar-refractivity contribution in [2.75, 3.05) is 25.9 Å². The fourth-order valence-corrected chi connectivity index (χ4v) is 4.42. The zero-order valence-electron chi connectivity index (χ0n) is 18.6. The summed E-state index contributed by atoms with van der Waals surface area (Å²) >= 11 is 12.2. The summed E-state index contributed by atoms with van der Waals surface area (Å²) in [6.45, 7) is 4.67. The van der Waals surface area contributed by atoms with Crippen LogP contribution in [0.15, 0.2) is 21.9 Å². The summed E-state index contributed by atoms with van der Waals surface area (Å²) in [5.41, 5.74) is 9.45. The molecule has 1 aliphatic heterocycles. The Morgan fingerprint density at radius 1 is 1.38 bits per heavy atom. The van der Waals surface area contributed by atoms with Gasteiger partial charge in [0.15, 0.2) is 5.69 Å². The molecule has 1 fully saturated rings. The number of nitrogen functional groups attached to an aromatic ring is 1. The quantitative estimate of drug-likeness (QED) is 0.317. The molecule has 1 aliphatic rings. The SMILES string of the molecule is COc1c(Cl)cc(Cl)cc1/C=N\NC(=O)c1nnn(-c2nonc2N)c1C[NH+]1CCC(C)CC1. The van der Waals surface area contributed by atoms with Gasteiger partial charge in [-0.05, 0) is 41.2 Å². The van der Waals surface area contributed by atoms with Crippen LogP contribution < -0.4 is 20.8 Å². The Balaban J connectivity index is 1.58. The molecule has 1 saturated heterocycles. The smallest absolute Gasteiger partial charge is 0.294 e. The number of carbonyl (C=O) groups is 1. The molecule has 1 amide bonds. The van der Waals surface area contributed by atoms with Crippen LogP contribution in [-0.2, 0) is 6.54 Å². The molecule has 0 saturated carbocycles. The maximum atomic E-state index is 13.0. The van der Waals surface area contributed by atoms with Crippen molar-refractivity contribution < 1.29 is 19.1 Å². The van der Waals surface area contributed by atoms with Gasteiger partial charge in [-0.2, -0.15) is 9.78 Å². The van der Waals surface area contributed by atoms with Crippen molar-refractivity contribution in [2.24, 2.45) is 11.0 Å². The number of nitrogens with one attached hydrogen (secondary N) is 2. The Bertz CT molecular complexity index is 1200. The van der Waals surface area contributed by atoms with Crippen LogP contribution in [-0.4, -0.2) is 57.6 Å². The first kappa shape index (κ1) is 23.9. The van der Waals surface area contributed by atoms with Gasteiger partial charge in [-0.3, -0.25) is 4.79 Å². The zero-order valence-corrected chi connectivity index (χ0v) is 20.1. The summed E-state index contributed by atoms with van der Waals surface area (Å²) in [6.07, 6.45) is 3.58. The number of nitrogens with zero attached hydrogens (tertiary/aromatic N) is 6. The number of carbonyl (C=O) groups excluding carboxylic acids is 1. The molecule has 3 aromatic rings. The van der Waals surface area contributed by atoms with Gasteiger partial charge in [0.2, 0.25) is 11.6 Å². The van der Waals surface area contributed by atoms with Crippen molar-refractivity contribution in [2.45, 2.75) is 26.3 Å². The van der Waals surface area contributed by atoms with Crippen LogP contribution in [0.5, 0.6) is 5.75 Å². The van der Waals surface area contributed by atoms with Crippen LogP contribution >= 0.6 is 23.2 Å². The summed E-state index contributed by atoms with van der Waals surface area (Å²) in [6, 6.07) is 3.17. The summed E-state index contributed by atoms with van der Waals surface area (Å²) in [7, 11) is 1.48. The number of likely N-dealkylation sites (tertiary alicyclic amines) is 1. The van der Waals surface area contributed by atoms with Gasteiger partial charge >= 0.3 is 0 Å². The molecular formula is C20H24Cl2N9O3+. The first-order valence-electron chi connectivity index (χ1n) is 10.6. The van der Waals surface area contributed by atoms with E-state index in [1.807, 2.05) is 0 Å². The molecule has 3 heterocycles. The van der Waals surface area contributed by atoms with Crippen LogP contribution in [0, 0.1) is 5.92 Å². The van der Waals surface area contributed by atoms with Gasteiger partial charge in [0.25, 0.3) is 5.91 Å². The van der Waals surface area contributed by atoms with Crippen LogP contribution in [0.1, 0.15) is 41.5 Å². The van der Waals surface area contributed by atoms with Crippen molar-refractivity contribution in [3.05, 3.63) is 39.1 Å². The number of halogens is 2. The van der Waals surface area contributed by atoms with E-state index in [-0.39, 0.29) is 17.3 Å². The number of amides is 1. The highest BCUT2D eigenvalue weighted by Crippen LogP contribution is 2.31. The number of hydrogen-bond acceptors (Lipinski definition) is 9. The molecule has 0 atom stereocenters. The van der Waals surface area contributed by atoms with Crippen molar-refractivity contribution in [1.82, 2.24) is 30.7 Å². The normalized spacial score (nSPS) is 18.4. The first-order chi connectivity index (χ1) is 16.4. The minimum atomic E-state index is -0.551. The Morgan fingerprint density at radius 3 is 2.82 bits per heavy atom. The third-order valence-corrected chi connectivity index (χ3v) is 6.18. The van der Waals surface area contributed by atoms with E-state index in [1.165, 1.54) is 22.9 Å². The Hall–Kier alpha value is -3.22. The van der Waals surface area contributed by atoms with Crippen LogP contribution in [0.3, 0.4) is 0 Å². The molecule has 14 heteroatoms. The van der Waals surface area contributed by atoms with E-state index >= 15 is 0 Å². The highest BCUT2D eigenvalue weighted by molar-refractivity contribution is 6.36. The molecular weight excluding hydrogens is 485 g/mol. The first-order valence-corrected chi connectivity index (χ1v) is 11.4. The standard InChI is InChI=1S/C20H23Cl2N9O3/c1-11-3-5-30(6-4-11)10-15-16(25-29-31(15)19-18(23)27-34-28-19)20(32)26-24-9-12-7-13(21)8-14(22)17(12)33-2/h7-9,11H,3-6,10H2,1-2H3,(H2,23,27)(H,26,32)/p+1/b24-9-. The van der Waals surface area contributed by atoms with Gasteiger partial charge in [0.05, 0.1) is 31.4 Å². The Kier molecular flexibility index (Phi) is 7.29. The number of nitrogens with two attached hydrogens (primary N) is 1. The predicted molar refractivity (Wildman–Crippen MR) is 125 cm³/mol. The summed E-state index contributed by atoms with van der Waals surface area (Å²) in [5.74, 6) is 0.727. The highest BCUT2D eigenvalue weighted by Gasteiger charge is 2.28. The molecule has 0 radical (unpaired) electrons. The number of rotatable bonds is 7. The third kappa shape index (κ3) is 5.13. The van der Waals surface area contributed by atoms with Gasteiger partial charge < -0.3 is 15.4 Å². The van der Waals surface area contributed by atoms with Gasteiger partial charge in [0.1, 0.15) is 18.0 Å². The molecule has 0 aliphatic carbocycles. The van der Waals surface area contributed by atoms with Gasteiger partial charge in [-0.15, -0.1) is 5.10 Å². The number of methoxy groups -OCH3 is 1. The van der Waals surface area contributed by atoms with E-state index in [2.05, 4.69) is 38.1 Å². The van der Waals surface area contributed by atoms with E-state index in [4.69, 9.17) is 38.3 Å². The number of anilines is 1. The molecule has 0 bridgehead atoms. The Labute approximate surface area is 205 Å². The van der Waals surface area contributed by atoms with Crippen molar-refractivity contribution >= 4 is 41.1 Å². The number of ether oxygens (including phenoxy) is 1. The minimum absolute atomic E-state index is 0.0447. The maximum Gasteiger partial charge on any atom is 0.294 e. The zero-order chi connectivity index (χ0) is 24.2. The van der Waals surface area contributed by atoms with Crippen molar-refractivity contribution in [1.29, 1.82) is 0 Å². The van der Waals surface area contributed by atoms with E-state index in [0.29, 0.717) is 39.5 Å². The largest absolute Gasteiger partial charge is 0.495 e. The number of piperidine rings is 1. The average molecular weight is 509 g/mol. The lowest BCUT2D eigenvalue weighted by Crippen LogP contribution is -3.11. The number of benzene rings is 1. The second-order valence-corrected chi connectivity index (χ2v) is 8.93. The van der Waals surface area contributed by atoms with E-state index in [0.717, 1.165) is 25.9 Å². The second kappa shape index (κ2) is 10.4. The van der Waals surface area contributed by atoms with Crippen LogP contribution in [0.4, 0.5) is 5.82 Å². The monoisotopic (exact) mass is 508 g/mol. The maximum absolute atomic E-state index is 13.0. The highest BCUT2D eigenvalue weighted by atomic mass is 35.5. The van der Waals surface area contributed by atoms with Crippen molar-refractivity contribution in [3.8, 4) is 11.6 Å². The molecule has 0 spiro atoms. The van der Waals surface area contributed by atoms with Crippen LogP contribution in [0.2, 0.25) is 10.0 Å². The van der Waals surface area contributed by atoms with E-state index in [9.17, 15) is 4.79 Å². The summed E-state index contributed by atoms with van der Waals surface area (Å²) in [5, 5.41) is 20.3. The minimum Gasteiger partial charge on any atom is -0.495 e. The molecule has 1 aromatic carbocycles. The van der Waals surface area contributed by atoms with Gasteiger partial charge in [0, 0.05) is 10.6 Å². The molecule has 12 nitrogen and oxygen atoms in total. The van der Waals surface area contributed by atoms with Crippen molar-refractivity contribution in [3.63, 3.8) is 0 Å². The summed E-state index contributed by atoms with van der Waals surface area (Å²) < 4.78 is 11.4.